The highest BCUT2D eigenvalue weighted by Crippen LogP contribution is 2.25. The minimum atomic E-state index is 0.0261. The predicted octanol–water partition coefficient (Wildman–Crippen LogP) is 3.90. The van der Waals surface area contributed by atoms with E-state index in [-0.39, 0.29) is 6.61 Å². The van der Waals surface area contributed by atoms with Gasteiger partial charge in [0.05, 0.1) is 18.0 Å². The first-order valence-corrected chi connectivity index (χ1v) is 8.65. The lowest BCUT2D eigenvalue weighted by Gasteiger charge is -2.12. The summed E-state index contributed by atoms with van der Waals surface area (Å²) in [4.78, 5) is 9.02. The van der Waals surface area contributed by atoms with E-state index in [1.807, 2.05) is 60.7 Å². The first-order valence-electron chi connectivity index (χ1n) is 7.57. The minimum absolute atomic E-state index is 0.0261. The van der Waals surface area contributed by atoms with Gasteiger partial charge >= 0.3 is 0 Å². The molecule has 0 aliphatic rings. The zero-order valence-corrected chi connectivity index (χ0v) is 15.1. The van der Waals surface area contributed by atoms with Crippen molar-refractivity contribution >= 4 is 40.0 Å². The molecular weight excluding hydrogens is 415 g/mol. The van der Waals surface area contributed by atoms with Crippen LogP contribution in [-0.4, -0.2) is 28.2 Å². The number of hydrogen-bond acceptors (Lipinski definition) is 5. The maximum Gasteiger partial charge on any atom is 0.225 e. The topological polar surface area (TPSA) is 70.1 Å². The van der Waals surface area contributed by atoms with Crippen molar-refractivity contribution in [2.45, 2.75) is 0 Å². The van der Waals surface area contributed by atoms with Gasteiger partial charge in [0.15, 0.2) is 0 Å². The Bertz CT molecular complexity index is 811. The highest BCUT2D eigenvalue weighted by Gasteiger charge is 2.08. The monoisotopic (exact) mass is 432 g/mol. The van der Waals surface area contributed by atoms with Crippen LogP contribution in [-0.2, 0) is 0 Å². The lowest BCUT2D eigenvalue weighted by molar-refractivity contribution is 0.311. The number of rotatable bonds is 6. The van der Waals surface area contributed by atoms with Crippen LogP contribution in [0.3, 0.4) is 0 Å². The van der Waals surface area contributed by atoms with E-state index < -0.39 is 0 Å². The molecule has 0 unspecified atom stereocenters. The van der Waals surface area contributed by atoms with Crippen molar-refractivity contribution in [2.24, 2.45) is 0 Å². The first kappa shape index (κ1) is 16.7. The molecule has 0 aliphatic carbocycles. The molecule has 2 aromatic carbocycles. The lowest BCUT2D eigenvalue weighted by atomic mass is 10.1. The highest BCUT2D eigenvalue weighted by atomic mass is 127. The summed E-state index contributed by atoms with van der Waals surface area (Å²) in [5.41, 5.74) is 2.82. The molecule has 24 heavy (non-hydrogen) atoms. The van der Waals surface area contributed by atoms with Gasteiger partial charge < -0.3 is 15.7 Å². The van der Waals surface area contributed by atoms with Crippen LogP contribution in [0.15, 0.2) is 60.7 Å². The van der Waals surface area contributed by atoms with Crippen molar-refractivity contribution in [1.82, 2.24) is 9.97 Å². The molecule has 0 saturated carbocycles. The summed E-state index contributed by atoms with van der Waals surface area (Å²) in [6.07, 6.45) is 0. The van der Waals surface area contributed by atoms with Crippen LogP contribution in [0.4, 0.5) is 17.5 Å². The van der Waals surface area contributed by atoms with Gasteiger partial charge in [-0.15, -0.1) is 0 Å². The molecule has 0 amide bonds. The van der Waals surface area contributed by atoms with E-state index in [1.54, 1.807) is 0 Å². The van der Waals surface area contributed by atoms with Gasteiger partial charge in [-0.25, -0.2) is 4.98 Å². The number of benzene rings is 2. The largest absolute Gasteiger partial charge is 0.395 e. The van der Waals surface area contributed by atoms with Crippen molar-refractivity contribution < 1.29 is 5.11 Å². The Morgan fingerprint density at radius 2 is 1.71 bits per heavy atom. The summed E-state index contributed by atoms with van der Waals surface area (Å²) >= 11 is 2.28. The van der Waals surface area contributed by atoms with Crippen molar-refractivity contribution in [3.8, 4) is 11.3 Å². The van der Waals surface area contributed by atoms with Crippen LogP contribution in [0, 0.1) is 3.57 Å². The van der Waals surface area contributed by atoms with Crippen LogP contribution in [0.1, 0.15) is 0 Å². The second kappa shape index (κ2) is 8.07. The molecule has 0 bridgehead atoms. The molecule has 122 valence electrons. The Morgan fingerprint density at radius 1 is 0.958 bits per heavy atom. The van der Waals surface area contributed by atoms with Crippen LogP contribution in [0.5, 0.6) is 0 Å². The zero-order valence-electron chi connectivity index (χ0n) is 12.9. The molecule has 0 saturated heterocycles. The third kappa shape index (κ3) is 4.21. The number of hydrogen-bond donors (Lipinski definition) is 3. The molecule has 0 aliphatic heterocycles. The van der Waals surface area contributed by atoms with E-state index in [9.17, 15) is 0 Å². The minimum Gasteiger partial charge on any atom is -0.395 e. The maximum absolute atomic E-state index is 9.02. The number of nitrogens with zero attached hydrogens (tertiary/aromatic N) is 2. The Kier molecular flexibility index (Phi) is 5.60. The summed E-state index contributed by atoms with van der Waals surface area (Å²) in [5.74, 6) is 1.19. The third-order valence-electron chi connectivity index (χ3n) is 3.33. The number of anilines is 3. The molecule has 0 fully saturated rings. The third-order valence-corrected chi connectivity index (χ3v) is 4.27. The lowest BCUT2D eigenvalue weighted by Crippen LogP contribution is -2.10. The SMILES string of the molecule is OCCNc1nc(Nc2ccccc2I)cc(-c2ccccc2)n1. The van der Waals surface area contributed by atoms with Crippen molar-refractivity contribution in [3.05, 3.63) is 64.2 Å². The van der Waals surface area contributed by atoms with Gasteiger partial charge in [-0.2, -0.15) is 4.98 Å². The number of nitrogens with one attached hydrogen (secondary N) is 2. The van der Waals surface area contributed by atoms with Gasteiger partial charge in [-0.3, -0.25) is 0 Å². The van der Waals surface area contributed by atoms with Crippen LogP contribution in [0.25, 0.3) is 11.3 Å². The Labute approximate surface area is 154 Å². The number of aliphatic hydroxyl groups excluding tert-OH is 1. The van der Waals surface area contributed by atoms with Crippen LogP contribution < -0.4 is 10.6 Å². The molecule has 1 heterocycles. The van der Waals surface area contributed by atoms with E-state index in [2.05, 4.69) is 43.2 Å². The number of aromatic nitrogens is 2. The second-order valence-electron chi connectivity index (χ2n) is 5.08. The van der Waals surface area contributed by atoms with Crippen molar-refractivity contribution in [3.63, 3.8) is 0 Å². The number of para-hydroxylation sites is 1. The summed E-state index contributed by atoms with van der Waals surface area (Å²) < 4.78 is 1.11. The van der Waals surface area contributed by atoms with Gasteiger partial charge in [0.1, 0.15) is 5.82 Å². The average Bonchev–Trinajstić information content (AvgIpc) is 2.62. The molecule has 3 aromatic rings. The molecular formula is C18H17IN4O. The van der Waals surface area contributed by atoms with Gasteiger partial charge in [-0.05, 0) is 34.7 Å². The normalized spacial score (nSPS) is 10.4. The van der Waals surface area contributed by atoms with Crippen LogP contribution in [0.2, 0.25) is 0 Å². The van der Waals surface area contributed by atoms with Gasteiger partial charge in [0.25, 0.3) is 0 Å². The number of halogens is 1. The second-order valence-corrected chi connectivity index (χ2v) is 6.25. The van der Waals surface area contributed by atoms with Crippen molar-refractivity contribution in [2.75, 3.05) is 23.8 Å². The van der Waals surface area contributed by atoms with Gasteiger partial charge in [0, 0.05) is 21.7 Å². The van der Waals surface area contributed by atoms with E-state index in [1.165, 1.54) is 0 Å². The molecule has 3 rings (SSSR count). The smallest absolute Gasteiger partial charge is 0.225 e. The Hall–Kier alpha value is -2.19. The molecule has 0 atom stereocenters. The van der Waals surface area contributed by atoms with Gasteiger partial charge in [-0.1, -0.05) is 42.5 Å². The molecule has 0 spiro atoms. The van der Waals surface area contributed by atoms with E-state index in [0.29, 0.717) is 18.3 Å². The summed E-state index contributed by atoms with van der Waals surface area (Å²) in [6.45, 7) is 0.429. The molecule has 0 radical (unpaired) electrons. The Morgan fingerprint density at radius 3 is 2.46 bits per heavy atom. The highest BCUT2D eigenvalue weighted by molar-refractivity contribution is 14.1. The average molecular weight is 432 g/mol. The number of aliphatic hydroxyl groups is 1. The Balaban J connectivity index is 1.97. The predicted molar refractivity (Wildman–Crippen MR) is 105 cm³/mol. The molecule has 5 nitrogen and oxygen atoms in total. The summed E-state index contributed by atoms with van der Waals surface area (Å²) in [5, 5.41) is 15.4. The van der Waals surface area contributed by atoms with E-state index >= 15 is 0 Å². The maximum atomic E-state index is 9.02. The first-order chi connectivity index (χ1) is 11.8. The van der Waals surface area contributed by atoms with E-state index in [0.717, 1.165) is 20.5 Å². The fraction of sp³-hybridized carbons (Fsp3) is 0.111. The summed E-state index contributed by atoms with van der Waals surface area (Å²) in [6, 6.07) is 19.9. The summed E-state index contributed by atoms with van der Waals surface area (Å²) in [7, 11) is 0. The quantitative estimate of drug-likeness (QED) is 0.516. The molecule has 1 aromatic heterocycles. The standard InChI is InChI=1S/C18H17IN4O/c19-14-8-4-5-9-15(14)21-17-12-16(13-6-2-1-3-7-13)22-18(23-17)20-10-11-24/h1-9,12,24H,10-11H2,(H2,20,21,22,23). The fourth-order valence-electron chi connectivity index (χ4n) is 2.22. The molecule has 6 heteroatoms. The van der Waals surface area contributed by atoms with Gasteiger partial charge in [0.2, 0.25) is 5.95 Å². The van der Waals surface area contributed by atoms with Crippen molar-refractivity contribution in [1.29, 1.82) is 0 Å². The van der Waals surface area contributed by atoms with E-state index in [4.69, 9.17) is 5.11 Å². The zero-order chi connectivity index (χ0) is 16.8. The fourth-order valence-corrected chi connectivity index (χ4v) is 2.74. The molecule has 3 N–H and O–H groups in total. The van der Waals surface area contributed by atoms with Crippen LogP contribution >= 0.6 is 22.6 Å².